The summed E-state index contributed by atoms with van der Waals surface area (Å²) in [6, 6.07) is 5.09. The van der Waals surface area contributed by atoms with Crippen LogP contribution in [0.25, 0.3) is 0 Å². The molecule has 1 aromatic heterocycles. The van der Waals surface area contributed by atoms with E-state index in [9.17, 15) is 4.79 Å². The number of anilines is 1. The zero-order valence-corrected chi connectivity index (χ0v) is 13.5. The third kappa shape index (κ3) is 3.19. The number of nitrogens with one attached hydrogen (secondary N) is 3. The molecule has 0 atom stereocenters. The second kappa shape index (κ2) is 7.00. The molecule has 2 heterocycles. The minimum atomic E-state index is -0.252. The summed E-state index contributed by atoms with van der Waals surface area (Å²) in [7, 11) is 1.54. The van der Waals surface area contributed by atoms with Gasteiger partial charge in [0.1, 0.15) is 5.75 Å². The van der Waals surface area contributed by atoms with Gasteiger partial charge >= 0.3 is 0 Å². The number of rotatable bonds is 3. The van der Waals surface area contributed by atoms with Crippen molar-refractivity contribution in [2.45, 2.75) is 13.0 Å². The molecule has 0 spiro atoms. The van der Waals surface area contributed by atoms with Crippen LogP contribution in [0, 0.1) is 0 Å². The Kier molecular flexibility index (Phi) is 5.28. The standard InChI is InChI=1S/C14H15ClN4O2.ClH/c1-21-12-3-2-8(6-10(12)15)17-14(20)13-9-7-16-5-4-11(9)18-19-13;/h2-3,6,16H,4-5,7H2,1H3,(H,17,20)(H,18,19);1H. The van der Waals surface area contributed by atoms with Crippen molar-refractivity contribution in [2.75, 3.05) is 19.0 Å². The van der Waals surface area contributed by atoms with E-state index >= 15 is 0 Å². The maximum Gasteiger partial charge on any atom is 0.276 e. The number of carbonyl (C=O) groups is 1. The number of aromatic amines is 1. The van der Waals surface area contributed by atoms with Crippen molar-refractivity contribution in [1.29, 1.82) is 0 Å². The smallest absolute Gasteiger partial charge is 0.276 e. The molecule has 3 N–H and O–H groups in total. The fraction of sp³-hybridized carbons (Fsp3) is 0.286. The van der Waals surface area contributed by atoms with Crippen LogP contribution < -0.4 is 15.4 Å². The van der Waals surface area contributed by atoms with Gasteiger partial charge in [-0.25, -0.2) is 0 Å². The van der Waals surface area contributed by atoms with Crippen LogP contribution in [0.5, 0.6) is 5.75 Å². The van der Waals surface area contributed by atoms with Gasteiger partial charge in [0.25, 0.3) is 5.91 Å². The Bertz CT molecular complexity index is 687. The summed E-state index contributed by atoms with van der Waals surface area (Å²) in [5.74, 6) is 0.313. The second-order valence-electron chi connectivity index (χ2n) is 4.76. The average molecular weight is 343 g/mol. The van der Waals surface area contributed by atoms with E-state index in [2.05, 4.69) is 20.8 Å². The molecule has 2 aromatic rings. The lowest BCUT2D eigenvalue weighted by molar-refractivity contribution is 0.102. The quantitative estimate of drug-likeness (QED) is 0.800. The molecule has 0 bridgehead atoms. The Hall–Kier alpha value is -1.76. The average Bonchev–Trinajstić information content (AvgIpc) is 2.91. The molecule has 1 amide bonds. The van der Waals surface area contributed by atoms with Crippen LogP contribution in [0.15, 0.2) is 18.2 Å². The van der Waals surface area contributed by atoms with E-state index in [4.69, 9.17) is 16.3 Å². The molecule has 3 rings (SSSR count). The Labute approximate surface area is 139 Å². The number of halogens is 2. The van der Waals surface area contributed by atoms with Crippen molar-refractivity contribution in [3.63, 3.8) is 0 Å². The van der Waals surface area contributed by atoms with E-state index in [0.717, 1.165) is 24.2 Å². The van der Waals surface area contributed by atoms with Crippen molar-refractivity contribution in [2.24, 2.45) is 0 Å². The van der Waals surface area contributed by atoms with E-state index in [1.807, 2.05) is 0 Å². The lowest BCUT2D eigenvalue weighted by Crippen LogP contribution is -2.25. The number of carbonyl (C=O) groups excluding carboxylic acids is 1. The summed E-state index contributed by atoms with van der Waals surface area (Å²) in [5.41, 5.74) is 2.97. The Balaban J connectivity index is 0.00000176. The molecule has 1 aliphatic heterocycles. The van der Waals surface area contributed by atoms with E-state index < -0.39 is 0 Å². The lowest BCUT2D eigenvalue weighted by Gasteiger charge is -2.13. The van der Waals surface area contributed by atoms with Gasteiger partial charge in [-0.2, -0.15) is 5.10 Å². The van der Waals surface area contributed by atoms with Crippen LogP contribution in [0.3, 0.4) is 0 Å². The van der Waals surface area contributed by atoms with Gasteiger partial charge in [-0.15, -0.1) is 12.4 Å². The fourth-order valence-corrected chi connectivity index (χ4v) is 2.61. The summed E-state index contributed by atoms with van der Waals surface area (Å²) in [5, 5.41) is 13.5. The van der Waals surface area contributed by atoms with Crippen molar-refractivity contribution in [3.05, 3.63) is 40.2 Å². The summed E-state index contributed by atoms with van der Waals surface area (Å²) in [6.07, 6.45) is 0.851. The summed E-state index contributed by atoms with van der Waals surface area (Å²) >= 11 is 6.05. The van der Waals surface area contributed by atoms with Gasteiger partial charge in [0.15, 0.2) is 5.69 Å². The number of benzene rings is 1. The predicted octanol–water partition coefficient (Wildman–Crippen LogP) is 2.39. The van der Waals surface area contributed by atoms with Crippen LogP contribution in [0.2, 0.25) is 5.02 Å². The van der Waals surface area contributed by atoms with Crippen molar-refractivity contribution in [1.82, 2.24) is 15.5 Å². The molecule has 0 aliphatic carbocycles. The number of ether oxygens (including phenoxy) is 1. The van der Waals surface area contributed by atoms with Gasteiger partial charge in [-0.3, -0.25) is 9.89 Å². The number of amides is 1. The van der Waals surface area contributed by atoms with Gasteiger partial charge in [0.05, 0.1) is 12.1 Å². The van der Waals surface area contributed by atoms with Crippen molar-refractivity contribution >= 4 is 35.6 Å². The molecule has 0 radical (unpaired) electrons. The highest BCUT2D eigenvalue weighted by Crippen LogP contribution is 2.27. The summed E-state index contributed by atoms with van der Waals surface area (Å²) in [6.45, 7) is 1.54. The highest BCUT2D eigenvalue weighted by atomic mass is 35.5. The van der Waals surface area contributed by atoms with E-state index in [1.54, 1.807) is 25.3 Å². The van der Waals surface area contributed by atoms with Gasteiger partial charge in [0.2, 0.25) is 0 Å². The van der Waals surface area contributed by atoms with Crippen molar-refractivity contribution < 1.29 is 9.53 Å². The van der Waals surface area contributed by atoms with E-state index in [-0.39, 0.29) is 18.3 Å². The zero-order chi connectivity index (χ0) is 14.8. The highest BCUT2D eigenvalue weighted by Gasteiger charge is 2.21. The molecular weight excluding hydrogens is 327 g/mol. The summed E-state index contributed by atoms with van der Waals surface area (Å²) in [4.78, 5) is 12.3. The number of hydrogen-bond donors (Lipinski definition) is 3. The molecule has 6 nitrogen and oxygen atoms in total. The first-order chi connectivity index (χ1) is 10.2. The van der Waals surface area contributed by atoms with E-state index in [1.165, 1.54) is 0 Å². The molecule has 8 heteroatoms. The maximum atomic E-state index is 12.3. The second-order valence-corrected chi connectivity index (χ2v) is 5.17. The third-order valence-electron chi connectivity index (χ3n) is 3.43. The molecule has 1 aliphatic rings. The molecule has 118 valence electrons. The fourth-order valence-electron chi connectivity index (χ4n) is 2.35. The Morgan fingerprint density at radius 1 is 1.45 bits per heavy atom. The predicted molar refractivity (Wildman–Crippen MR) is 87.2 cm³/mol. The van der Waals surface area contributed by atoms with E-state index in [0.29, 0.717) is 28.7 Å². The number of H-pyrrole nitrogens is 1. The largest absolute Gasteiger partial charge is 0.495 e. The number of methoxy groups -OCH3 is 1. The molecule has 0 saturated heterocycles. The highest BCUT2D eigenvalue weighted by molar-refractivity contribution is 6.32. The molecule has 22 heavy (non-hydrogen) atoms. The number of fused-ring (bicyclic) bond motifs is 1. The number of hydrogen-bond acceptors (Lipinski definition) is 4. The van der Waals surface area contributed by atoms with Crippen LogP contribution in [0.4, 0.5) is 5.69 Å². The Morgan fingerprint density at radius 3 is 3.00 bits per heavy atom. The molecular formula is C14H16Cl2N4O2. The SMILES string of the molecule is COc1ccc(NC(=O)c2n[nH]c3c2CNCC3)cc1Cl.Cl. The van der Waals surface area contributed by atoms with Crippen LogP contribution in [-0.4, -0.2) is 29.8 Å². The van der Waals surface area contributed by atoms with Crippen LogP contribution >= 0.6 is 24.0 Å². The zero-order valence-electron chi connectivity index (χ0n) is 11.9. The normalized spacial score (nSPS) is 13.0. The minimum absolute atomic E-state index is 0. The number of nitrogens with zero attached hydrogens (tertiary/aromatic N) is 1. The van der Waals surface area contributed by atoms with Gasteiger partial charge in [-0.05, 0) is 18.2 Å². The van der Waals surface area contributed by atoms with Gasteiger partial charge in [0, 0.05) is 36.5 Å². The first-order valence-electron chi connectivity index (χ1n) is 6.60. The monoisotopic (exact) mass is 342 g/mol. The first-order valence-corrected chi connectivity index (χ1v) is 6.98. The van der Waals surface area contributed by atoms with Gasteiger partial charge in [-0.1, -0.05) is 11.6 Å². The molecule has 1 aromatic carbocycles. The molecule has 0 saturated carbocycles. The lowest BCUT2D eigenvalue weighted by atomic mass is 10.1. The molecule has 0 fully saturated rings. The van der Waals surface area contributed by atoms with Gasteiger partial charge < -0.3 is 15.4 Å². The van der Waals surface area contributed by atoms with Crippen LogP contribution in [-0.2, 0) is 13.0 Å². The van der Waals surface area contributed by atoms with Crippen molar-refractivity contribution in [3.8, 4) is 5.75 Å². The summed E-state index contributed by atoms with van der Waals surface area (Å²) < 4.78 is 5.08. The Morgan fingerprint density at radius 2 is 2.27 bits per heavy atom. The number of aromatic nitrogens is 2. The molecule has 0 unspecified atom stereocenters. The first kappa shape index (κ1) is 16.6. The topological polar surface area (TPSA) is 79.0 Å². The third-order valence-corrected chi connectivity index (χ3v) is 3.73. The van der Waals surface area contributed by atoms with Crippen LogP contribution in [0.1, 0.15) is 21.7 Å². The maximum absolute atomic E-state index is 12.3. The minimum Gasteiger partial charge on any atom is -0.495 e.